The second-order valence-corrected chi connectivity index (χ2v) is 8.70. The fourth-order valence-corrected chi connectivity index (χ4v) is 4.02. The summed E-state index contributed by atoms with van der Waals surface area (Å²) in [5.74, 6) is 1.78. The van der Waals surface area contributed by atoms with Crippen molar-refractivity contribution < 1.29 is 14.3 Å². The molecule has 0 bridgehead atoms. The average molecular weight is 430 g/mol. The van der Waals surface area contributed by atoms with Crippen LogP contribution in [0.5, 0.6) is 11.5 Å². The molecule has 0 spiro atoms. The fourth-order valence-electron chi connectivity index (χ4n) is 4.02. The Morgan fingerprint density at radius 3 is 2.52 bits per heavy atom. The molecule has 3 rings (SSSR count). The second-order valence-electron chi connectivity index (χ2n) is 8.70. The first kappa shape index (κ1) is 23.1. The van der Waals surface area contributed by atoms with Crippen molar-refractivity contribution in [1.29, 1.82) is 0 Å². The van der Waals surface area contributed by atoms with Gasteiger partial charge >= 0.3 is 0 Å². The van der Waals surface area contributed by atoms with Gasteiger partial charge < -0.3 is 19.7 Å². The Labute approximate surface area is 184 Å². The van der Waals surface area contributed by atoms with Gasteiger partial charge in [-0.3, -0.25) is 4.79 Å². The maximum atomic E-state index is 12.2. The molecule has 8 heteroatoms. The molecule has 1 saturated heterocycles. The van der Waals surface area contributed by atoms with E-state index in [2.05, 4.69) is 53.4 Å². The molecule has 1 aliphatic rings. The molecule has 0 saturated carbocycles. The maximum absolute atomic E-state index is 12.2. The molecule has 1 amide bonds. The number of methoxy groups -OCH3 is 2. The molecule has 1 N–H and O–H groups in total. The highest BCUT2D eigenvalue weighted by molar-refractivity contribution is 5.91. The molecule has 1 atom stereocenters. The highest BCUT2D eigenvalue weighted by Crippen LogP contribution is 2.29. The van der Waals surface area contributed by atoms with E-state index in [-0.39, 0.29) is 11.9 Å². The molecule has 31 heavy (non-hydrogen) atoms. The number of benzene rings is 1. The number of likely N-dealkylation sites (tertiary alicyclic amines) is 1. The number of rotatable bonds is 9. The van der Waals surface area contributed by atoms with Crippen molar-refractivity contribution in [2.75, 3.05) is 33.9 Å². The van der Waals surface area contributed by atoms with Gasteiger partial charge in [-0.25, -0.2) is 4.68 Å². The molecule has 1 aromatic heterocycles. The van der Waals surface area contributed by atoms with E-state index in [0.717, 1.165) is 43.9 Å². The van der Waals surface area contributed by atoms with Gasteiger partial charge in [0, 0.05) is 25.7 Å². The minimum atomic E-state index is -0.152. The van der Waals surface area contributed by atoms with Crippen molar-refractivity contribution in [1.82, 2.24) is 25.2 Å². The molecule has 0 aliphatic carbocycles. The lowest BCUT2D eigenvalue weighted by Crippen LogP contribution is -2.41. The zero-order valence-electron chi connectivity index (χ0n) is 19.3. The summed E-state index contributed by atoms with van der Waals surface area (Å²) in [4.78, 5) is 14.7. The molecular formula is C23H35N5O3. The van der Waals surface area contributed by atoms with Crippen molar-refractivity contribution >= 4 is 5.91 Å². The molecule has 8 nitrogen and oxygen atoms in total. The van der Waals surface area contributed by atoms with Crippen molar-refractivity contribution in [3.63, 3.8) is 0 Å². The van der Waals surface area contributed by atoms with E-state index in [1.807, 2.05) is 10.7 Å². The van der Waals surface area contributed by atoms with E-state index in [0.29, 0.717) is 24.2 Å². The van der Waals surface area contributed by atoms with Gasteiger partial charge in [0.2, 0.25) is 0 Å². The van der Waals surface area contributed by atoms with Crippen LogP contribution in [0.25, 0.3) is 0 Å². The molecule has 0 unspecified atom stereocenters. The van der Waals surface area contributed by atoms with E-state index in [1.54, 1.807) is 20.4 Å². The molecule has 170 valence electrons. The monoisotopic (exact) mass is 429 g/mol. The molecule has 0 radical (unpaired) electrons. The van der Waals surface area contributed by atoms with E-state index < -0.39 is 0 Å². The summed E-state index contributed by atoms with van der Waals surface area (Å²) in [6.45, 7) is 9.03. The number of aromatic nitrogens is 3. The number of amides is 1. The van der Waals surface area contributed by atoms with Gasteiger partial charge in [-0.15, -0.1) is 5.10 Å². The Morgan fingerprint density at radius 2 is 1.87 bits per heavy atom. The van der Waals surface area contributed by atoms with Crippen molar-refractivity contribution in [3.8, 4) is 11.5 Å². The molecule has 1 aromatic carbocycles. The summed E-state index contributed by atoms with van der Waals surface area (Å²) < 4.78 is 12.6. The zero-order chi connectivity index (χ0) is 22.4. The largest absolute Gasteiger partial charge is 0.493 e. The molecule has 2 aromatic rings. The topological polar surface area (TPSA) is 81.5 Å². The lowest BCUT2D eigenvalue weighted by Gasteiger charge is -2.36. The van der Waals surface area contributed by atoms with Crippen LogP contribution in [0, 0.1) is 5.92 Å². The molecule has 2 heterocycles. The van der Waals surface area contributed by atoms with Crippen LogP contribution < -0.4 is 14.8 Å². The fraction of sp³-hybridized carbons (Fsp3) is 0.609. The Kier molecular flexibility index (Phi) is 7.90. The summed E-state index contributed by atoms with van der Waals surface area (Å²) in [6, 6.07) is 6.83. The Balaban J connectivity index is 1.52. The van der Waals surface area contributed by atoms with Crippen molar-refractivity contribution in [2.45, 2.75) is 52.1 Å². The average Bonchev–Trinajstić information content (AvgIpc) is 3.27. The molecule has 1 aliphatic heterocycles. The number of hydrogen-bond acceptors (Lipinski definition) is 6. The van der Waals surface area contributed by atoms with Crippen LogP contribution in [0.15, 0.2) is 24.4 Å². The number of nitrogens with zero attached hydrogens (tertiary/aromatic N) is 4. The first-order valence-electron chi connectivity index (χ1n) is 11.1. The van der Waals surface area contributed by atoms with Crippen LogP contribution in [0.3, 0.4) is 0 Å². The molecular weight excluding hydrogens is 394 g/mol. The van der Waals surface area contributed by atoms with Crippen molar-refractivity contribution in [2.24, 2.45) is 5.92 Å². The van der Waals surface area contributed by atoms with Gasteiger partial charge in [-0.1, -0.05) is 25.1 Å². The summed E-state index contributed by atoms with van der Waals surface area (Å²) in [5.41, 5.74) is 1.63. The summed E-state index contributed by atoms with van der Waals surface area (Å²) in [7, 11) is 3.32. The number of carbonyl (C=O) groups is 1. The Bertz CT molecular complexity index is 859. The number of piperidine rings is 1. The highest BCUT2D eigenvalue weighted by Gasteiger charge is 2.25. The van der Waals surface area contributed by atoms with Gasteiger partial charge in [0.05, 0.1) is 26.5 Å². The van der Waals surface area contributed by atoms with Crippen LogP contribution in [-0.2, 0) is 6.42 Å². The van der Waals surface area contributed by atoms with Gasteiger partial charge in [-0.2, -0.15) is 0 Å². The first-order valence-corrected chi connectivity index (χ1v) is 11.1. The maximum Gasteiger partial charge on any atom is 0.273 e. The van der Waals surface area contributed by atoms with E-state index >= 15 is 0 Å². The van der Waals surface area contributed by atoms with Gasteiger partial charge in [0.25, 0.3) is 5.91 Å². The number of carbonyl (C=O) groups excluding carboxylic acids is 1. The zero-order valence-corrected chi connectivity index (χ0v) is 19.3. The standard InChI is InChI=1S/C23H35N5O3/c1-16(2)14-24-23(29)20-15-28(26-25-20)19-8-10-27(11-9-19)17(3)12-18-6-7-21(30-4)22(13-18)31-5/h6-7,13,15-17,19H,8-12,14H2,1-5H3,(H,24,29)/t17-/m0/s1. The number of ether oxygens (including phenoxy) is 2. The van der Waals surface area contributed by atoms with Crippen LogP contribution in [0.4, 0.5) is 0 Å². The van der Waals surface area contributed by atoms with Crippen LogP contribution in [0.2, 0.25) is 0 Å². The van der Waals surface area contributed by atoms with Gasteiger partial charge in [-0.05, 0) is 49.8 Å². The third-order valence-electron chi connectivity index (χ3n) is 5.89. The Hall–Kier alpha value is -2.61. The van der Waals surface area contributed by atoms with Gasteiger partial charge in [0.1, 0.15) is 0 Å². The van der Waals surface area contributed by atoms with E-state index in [4.69, 9.17) is 9.47 Å². The number of nitrogens with one attached hydrogen (secondary N) is 1. The normalized spacial score (nSPS) is 16.3. The highest BCUT2D eigenvalue weighted by atomic mass is 16.5. The SMILES string of the molecule is COc1ccc(C[C@H](C)N2CCC(n3cc(C(=O)NCC(C)C)nn3)CC2)cc1OC. The van der Waals surface area contributed by atoms with Crippen molar-refractivity contribution in [3.05, 3.63) is 35.7 Å². The summed E-state index contributed by atoms with van der Waals surface area (Å²) in [6.07, 6.45) is 4.72. The second kappa shape index (κ2) is 10.6. The van der Waals surface area contributed by atoms with Crippen LogP contribution in [0.1, 0.15) is 55.7 Å². The lowest BCUT2D eigenvalue weighted by molar-refractivity contribution is 0.0944. The summed E-state index contributed by atoms with van der Waals surface area (Å²) >= 11 is 0. The summed E-state index contributed by atoms with van der Waals surface area (Å²) in [5, 5.41) is 11.2. The minimum Gasteiger partial charge on any atom is -0.493 e. The third-order valence-corrected chi connectivity index (χ3v) is 5.89. The molecule has 1 fully saturated rings. The van der Waals surface area contributed by atoms with E-state index in [1.165, 1.54) is 5.56 Å². The quantitative estimate of drug-likeness (QED) is 0.660. The van der Waals surface area contributed by atoms with Crippen LogP contribution in [-0.4, -0.2) is 65.7 Å². The predicted octanol–water partition coefficient (Wildman–Crippen LogP) is 2.95. The van der Waals surface area contributed by atoms with Gasteiger partial charge in [0.15, 0.2) is 17.2 Å². The van der Waals surface area contributed by atoms with Crippen LogP contribution >= 0.6 is 0 Å². The number of hydrogen-bond donors (Lipinski definition) is 1. The smallest absolute Gasteiger partial charge is 0.273 e. The third kappa shape index (κ3) is 5.97. The first-order chi connectivity index (χ1) is 14.9. The Morgan fingerprint density at radius 1 is 1.16 bits per heavy atom. The predicted molar refractivity (Wildman–Crippen MR) is 120 cm³/mol. The minimum absolute atomic E-state index is 0.152. The van der Waals surface area contributed by atoms with E-state index in [9.17, 15) is 4.79 Å². The lowest BCUT2D eigenvalue weighted by atomic mass is 10.00.